The quantitative estimate of drug-likeness (QED) is 0.461. The van der Waals surface area contributed by atoms with E-state index in [0.29, 0.717) is 17.3 Å². The predicted octanol–water partition coefficient (Wildman–Crippen LogP) is 2.77. The van der Waals surface area contributed by atoms with Crippen LogP contribution in [0.25, 0.3) is 0 Å². The lowest BCUT2D eigenvalue weighted by atomic mass is 10.2. The average Bonchev–Trinajstić information content (AvgIpc) is 2.46. The van der Waals surface area contributed by atoms with E-state index in [1.54, 1.807) is 0 Å². The molecule has 0 spiro atoms. The first-order valence-electron chi connectivity index (χ1n) is 6.99. The van der Waals surface area contributed by atoms with Gasteiger partial charge in [0.25, 0.3) is 5.91 Å². The normalized spacial score (nSPS) is 11.8. The molecule has 1 rings (SSSR count). The lowest BCUT2D eigenvalue weighted by molar-refractivity contribution is -0.129. The number of halogens is 1. The van der Waals surface area contributed by atoms with E-state index in [-0.39, 0.29) is 11.5 Å². The van der Waals surface area contributed by atoms with E-state index in [1.165, 1.54) is 25.1 Å². The van der Waals surface area contributed by atoms with E-state index < -0.39 is 12.1 Å². The van der Waals surface area contributed by atoms with E-state index in [2.05, 4.69) is 12.2 Å². The van der Waals surface area contributed by atoms with Crippen molar-refractivity contribution in [2.75, 3.05) is 12.3 Å². The second-order valence-corrected chi connectivity index (χ2v) is 5.19. The number of nitrogens with one attached hydrogen (secondary N) is 1. The Hall–Kier alpha value is -1.75. The van der Waals surface area contributed by atoms with E-state index in [9.17, 15) is 9.59 Å². The zero-order valence-corrected chi connectivity index (χ0v) is 13.1. The van der Waals surface area contributed by atoms with Crippen molar-refractivity contribution in [2.45, 2.75) is 39.2 Å². The molecule has 116 valence electrons. The van der Waals surface area contributed by atoms with E-state index in [4.69, 9.17) is 22.1 Å². The maximum Gasteiger partial charge on any atom is 0.338 e. The summed E-state index contributed by atoms with van der Waals surface area (Å²) in [6, 6.07) is 4.45. The molecule has 0 fully saturated rings. The third-order valence-corrected chi connectivity index (χ3v) is 3.31. The van der Waals surface area contributed by atoms with Gasteiger partial charge >= 0.3 is 5.97 Å². The first kappa shape index (κ1) is 17.3. The zero-order chi connectivity index (χ0) is 15.8. The summed E-state index contributed by atoms with van der Waals surface area (Å²) in [4.78, 5) is 23.7. The lowest BCUT2D eigenvalue weighted by Crippen LogP contribution is -2.36. The smallest absolute Gasteiger partial charge is 0.338 e. The van der Waals surface area contributed by atoms with E-state index in [1.807, 2.05) is 0 Å². The van der Waals surface area contributed by atoms with Crippen LogP contribution in [-0.2, 0) is 9.53 Å². The number of rotatable bonds is 7. The molecule has 1 unspecified atom stereocenters. The predicted molar refractivity (Wildman–Crippen MR) is 83.3 cm³/mol. The molecule has 0 radical (unpaired) electrons. The molecule has 5 nitrogen and oxygen atoms in total. The fraction of sp³-hybridized carbons (Fsp3) is 0.467. The summed E-state index contributed by atoms with van der Waals surface area (Å²) in [5, 5.41) is 3.10. The number of nitrogens with two attached hydrogens (primary N) is 1. The van der Waals surface area contributed by atoms with E-state index in [0.717, 1.165) is 19.3 Å². The molecule has 1 amide bonds. The number of carbonyl (C=O) groups excluding carboxylic acids is 2. The molecular formula is C15H21ClN2O3. The van der Waals surface area contributed by atoms with Gasteiger partial charge in [-0.05, 0) is 31.5 Å². The van der Waals surface area contributed by atoms with Gasteiger partial charge in [-0.2, -0.15) is 0 Å². The Balaban J connectivity index is 2.49. The van der Waals surface area contributed by atoms with Crippen molar-refractivity contribution in [3.63, 3.8) is 0 Å². The number of nitrogen functional groups attached to an aromatic ring is 1. The number of benzene rings is 1. The molecule has 3 N–H and O–H groups in total. The maximum absolute atomic E-state index is 11.9. The Bertz CT molecular complexity index is 506. The lowest BCUT2D eigenvalue weighted by Gasteiger charge is -2.13. The van der Waals surface area contributed by atoms with Gasteiger partial charge in [0, 0.05) is 6.54 Å². The molecule has 6 heteroatoms. The Morgan fingerprint density at radius 1 is 1.38 bits per heavy atom. The van der Waals surface area contributed by atoms with Gasteiger partial charge in [0.2, 0.25) is 0 Å². The number of amides is 1. The van der Waals surface area contributed by atoms with Gasteiger partial charge < -0.3 is 15.8 Å². The minimum absolute atomic E-state index is 0.266. The zero-order valence-electron chi connectivity index (χ0n) is 12.3. The van der Waals surface area contributed by atoms with Gasteiger partial charge in [-0.1, -0.05) is 31.4 Å². The standard InChI is InChI=1S/C15H21ClN2O3/c1-3-4-5-8-18-14(19)10(2)21-15(20)11-6-7-12(16)13(17)9-11/h6-7,9-10H,3-5,8,17H2,1-2H3,(H,18,19). The van der Waals surface area contributed by atoms with Crippen LogP contribution in [0.3, 0.4) is 0 Å². The Labute approximate surface area is 129 Å². The highest BCUT2D eigenvalue weighted by Gasteiger charge is 2.18. The molecule has 0 aliphatic heterocycles. The van der Waals surface area contributed by atoms with Crippen molar-refractivity contribution < 1.29 is 14.3 Å². The van der Waals surface area contributed by atoms with E-state index >= 15 is 0 Å². The summed E-state index contributed by atoms with van der Waals surface area (Å²) in [7, 11) is 0. The molecule has 1 atom stereocenters. The number of anilines is 1. The highest BCUT2D eigenvalue weighted by atomic mass is 35.5. The van der Waals surface area contributed by atoms with Crippen LogP contribution in [0.1, 0.15) is 43.5 Å². The summed E-state index contributed by atoms with van der Waals surface area (Å²) in [6.07, 6.45) is 2.20. The number of unbranched alkanes of at least 4 members (excludes halogenated alkanes) is 2. The summed E-state index contributed by atoms with van der Waals surface area (Å²) < 4.78 is 5.10. The first-order chi connectivity index (χ1) is 9.95. The second kappa shape index (κ2) is 8.52. The van der Waals surface area contributed by atoms with Crippen LogP contribution in [-0.4, -0.2) is 24.5 Å². The maximum atomic E-state index is 11.9. The topological polar surface area (TPSA) is 81.4 Å². The number of carbonyl (C=O) groups is 2. The molecule has 0 aliphatic carbocycles. The minimum atomic E-state index is -0.851. The number of ether oxygens (including phenoxy) is 1. The van der Waals surface area contributed by atoms with Crippen LogP contribution in [0.5, 0.6) is 0 Å². The fourth-order valence-corrected chi connectivity index (χ4v) is 1.80. The van der Waals surface area contributed by atoms with Gasteiger partial charge in [-0.3, -0.25) is 4.79 Å². The van der Waals surface area contributed by atoms with Crippen molar-refractivity contribution >= 4 is 29.2 Å². The Kier molecular flexibility index (Phi) is 7.02. The van der Waals surface area contributed by atoms with Crippen LogP contribution in [0, 0.1) is 0 Å². The number of hydrogen-bond acceptors (Lipinski definition) is 4. The van der Waals surface area contributed by atoms with Crippen LogP contribution in [0.4, 0.5) is 5.69 Å². The molecule has 1 aromatic carbocycles. The SMILES string of the molecule is CCCCCNC(=O)C(C)OC(=O)c1ccc(Cl)c(N)c1. The van der Waals surface area contributed by atoms with Crippen LogP contribution in [0.2, 0.25) is 5.02 Å². The van der Waals surface area contributed by atoms with Crippen molar-refractivity contribution in [1.29, 1.82) is 0 Å². The average molecular weight is 313 g/mol. The van der Waals surface area contributed by atoms with Gasteiger partial charge in [0.05, 0.1) is 16.3 Å². The van der Waals surface area contributed by atoms with Crippen molar-refractivity contribution in [3.05, 3.63) is 28.8 Å². The molecule has 1 aromatic rings. The summed E-state index contributed by atoms with van der Waals surface area (Å²) >= 11 is 5.78. The van der Waals surface area contributed by atoms with Gasteiger partial charge in [0.1, 0.15) is 0 Å². The molecule has 0 heterocycles. The molecule has 0 aliphatic rings. The van der Waals surface area contributed by atoms with Crippen molar-refractivity contribution in [2.24, 2.45) is 0 Å². The summed E-state index contributed by atoms with van der Waals surface area (Å²) in [6.45, 7) is 4.21. The second-order valence-electron chi connectivity index (χ2n) is 4.78. The van der Waals surface area contributed by atoms with Crippen molar-refractivity contribution in [3.8, 4) is 0 Å². The number of hydrogen-bond donors (Lipinski definition) is 2. The molecule has 0 bridgehead atoms. The third-order valence-electron chi connectivity index (χ3n) is 2.96. The van der Waals surface area contributed by atoms with Crippen LogP contribution >= 0.6 is 11.6 Å². The third kappa shape index (κ3) is 5.63. The molecule has 0 aromatic heterocycles. The highest BCUT2D eigenvalue weighted by molar-refractivity contribution is 6.33. The van der Waals surface area contributed by atoms with Crippen LogP contribution < -0.4 is 11.1 Å². The Morgan fingerprint density at radius 3 is 2.71 bits per heavy atom. The summed E-state index contributed by atoms with van der Waals surface area (Å²) in [5.41, 5.74) is 6.18. The van der Waals surface area contributed by atoms with Crippen LogP contribution in [0.15, 0.2) is 18.2 Å². The Morgan fingerprint density at radius 2 is 2.10 bits per heavy atom. The largest absolute Gasteiger partial charge is 0.449 e. The molecule has 0 saturated carbocycles. The van der Waals surface area contributed by atoms with Gasteiger partial charge in [-0.15, -0.1) is 0 Å². The fourth-order valence-electron chi connectivity index (χ4n) is 1.68. The summed E-state index contributed by atoms with van der Waals surface area (Å²) in [5.74, 6) is -0.907. The van der Waals surface area contributed by atoms with Gasteiger partial charge in [0.15, 0.2) is 6.10 Å². The first-order valence-corrected chi connectivity index (χ1v) is 7.37. The molecule has 0 saturated heterocycles. The van der Waals surface area contributed by atoms with Gasteiger partial charge in [-0.25, -0.2) is 4.79 Å². The molecular weight excluding hydrogens is 292 g/mol. The molecule has 21 heavy (non-hydrogen) atoms. The minimum Gasteiger partial charge on any atom is -0.449 e. The monoisotopic (exact) mass is 312 g/mol. The highest BCUT2D eigenvalue weighted by Crippen LogP contribution is 2.20. The number of esters is 1. The van der Waals surface area contributed by atoms with Crippen molar-refractivity contribution in [1.82, 2.24) is 5.32 Å².